The monoisotopic (exact) mass is 888 g/mol. The molecule has 2 aliphatic heterocycles. The zero-order chi connectivity index (χ0) is 46.3. The van der Waals surface area contributed by atoms with Crippen molar-refractivity contribution in [3.05, 3.63) is 40.4 Å². The molecule has 16 nitrogen and oxygen atoms in total. The lowest BCUT2D eigenvalue weighted by Crippen LogP contribution is -2.86. The molecule has 1 saturated heterocycles. The van der Waals surface area contributed by atoms with Crippen molar-refractivity contribution >= 4 is 47.5 Å². The summed E-state index contributed by atoms with van der Waals surface area (Å²) in [5, 5.41) is 45.5. The molecular weight excluding hydrogens is 824 g/mol. The first-order valence-electron chi connectivity index (χ1n) is 21.7. The zero-order valence-electron chi connectivity index (χ0n) is 38.1. The lowest BCUT2D eigenvalue weighted by Gasteiger charge is -2.64. The van der Waals surface area contributed by atoms with E-state index < -0.39 is 93.1 Å². The number of carboxylic acid groups (broad SMARTS) is 2. The number of hydrogen-bond acceptors (Lipinski definition) is 12. The third-order valence-corrected chi connectivity index (χ3v) is 14.6. The molecule has 0 radical (unpaired) electrons. The van der Waals surface area contributed by atoms with Gasteiger partial charge in [-0.3, -0.25) is 4.79 Å². The van der Waals surface area contributed by atoms with E-state index in [2.05, 4.69) is 5.32 Å². The standard InChI is InChI=1S/C45H65ClN4O12/c1-13-47-38(54)49(28-18-19-28)22-25(3)29-20-17-26(4)45(58)31(29)21-24(2)34(59-27(5)51)35(45)43(37(52)53)23-44(61-40(57)60-42(9,10)11)30-15-14-16-32(46)33(30)48(12)62-36(44)50(43,39(55)56)41(6,7)8/h14-16,21,25-26,28-29,31,34-36,58H,13,17-20,22-23H2,1-12H3,(H2-,47,52,53,54,55,56)/t25?,26-,29+,31-,34+,35-,36-,43+,44-,45-,50?/m1/s1. The van der Waals surface area contributed by atoms with Crippen molar-refractivity contribution in [2.75, 3.05) is 25.2 Å². The molecule has 11 atom stereocenters. The number of aliphatic hydroxyl groups is 1. The first-order chi connectivity index (χ1) is 28.7. The predicted octanol–water partition coefficient (Wildman–Crippen LogP) is 6.11. The Morgan fingerprint density at radius 3 is 2.29 bits per heavy atom. The Kier molecular flexibility index (Phi) is 12.3. The molecule has 62 heavy (non-hydrogen) atoms. The van der Waals surface area contributed by atoms with Gasteiger partial charge in [0.25, 0.3) is 12.3 Å². The quantitative estimate of drug-likeness (QED) is 0.146. The molecule has 1 aromatic rings. The Labute approximate surface area is 369 Å². The summed E-state index contributed by atoms with van der Waals surface area (Å²) >= 11 is 6.84. The largest absolute Gasteiger partial charge is 0.510 e. The van der Waals surface area contributed by atoms with Crippen LogP contribution in [0.2, 0.25) is 5.02 Å². The molecule has 344 valence electrons. The van der Waals surface area contributed by atoms with Crippen LogP contribution in [0.3, 0.4) is 0 Å². The van der Waals surface area contributed by atoms with Gasteiger partial charge in [-0.25, -0.2) is 28.8 Å². The summed E-state index contributed by atoms with van der Waals surface area (Å²) in [5.41, 5.74) is -9.28. The molecule has 0 bridgehead atoms. The maximum absolute atomic E-state index is 15.2. The van der Waals surface area contributed by atoms with Crippen LogP contribution < -0.4 is 15.5 Å². The summed E-state index contributed by atoms with van der Waals surface area (Å²) in [7, 11) is 1.48. The van der Waals surface area contributed by atoms with Crippen LogP contribution in [0.15, 0.2) is 29.8 Å². The number of benzene rings is 1. The van der Waals surface area contributed by atoms with Gasteiger partial charge >= 0.3 is 24.1 Å². The maximum atomic E-state index is 15.2. The van der Waals surface area contributed by atoms with Gasteiger partial charge in [0.2, 0.25) is 11.1 Å². The molecule has 3 aliphatic carbocycles. The molecule has 3 N–H and O–H groups in total. The summed E-state index contributed by atoms with van der Waals surface area (Å²) < 4.78 is 16.7. The lowest BCUT2D eigenvalue weighted by atomic mass is 9.48. The van der Waals surface area contributed by atoms with Crippen molar-refractivity contribution in [2.24, 2.45) is 29.6 Å². The average Bonchev–Trinajstić information content (AvgIpc) is 3.93. The molecule has 1 aromatic carbocycles. The summed E-state index contributed by atoms with van der Waals surface area (Å²) in [4.78, 5) is 79.2. The number of rotatable bonds is 9. The highest BCUT2D eigenvalue weighted by Crippen LogP contribution is 2.69. The number of para-hydroxylation sites is 1. The number of carbonyl (C=O) groups is 5. The van der Waals surface area contributed by atoms with Crippen LogP contribution in [0, 0.1) is 29.6 Å². The van der Waals surface area contributed by atoms with Crippen LogP contribution in [0.1, 0.15) is 114 Å². The van der Waals surface area contributed by atoms with Crippen LogP contribution in [0.25, 0.3) is 0 Å². The number of fused-ring (bicyclic) bond motifs is 4. The zero-order valence-corrected chi connectivity index (χ0v) is 38.8. The van der Waals surface area contributed by atoms with Gasteiger partial charge in [0.15, 0.2) is 0 Å². The number of esters is 1. The number of ether oxygens (including phenoxy) is 3. The summed E-state index contributed by atoms with van der Waals surface area (Å²) in [6.07, 6.45) is -2.87. The van der Waals surface area contributed by atoms with Crippen LogP contribution in [0.5, 0.6) is 0 Å². The third kappa shape index (κ3) is 7.20. The number of amides is 3. The fraction of sp³-hybridized carbons (Fsp3) is 0.711. The van der Waals surface area contributed by atoms with Gasteiger partial charge in [-0.15, -0.1) is 0 Å². The molecule has 0 spiro atoms. The van der Waals surface area contributed by atoms with Gasteiger partial charge in [-0.1, -0.05) is 43.7 Å². The second kappa shape index (κ2) is 16.1. The molecule has 17 heteroatoms. The first kappa shape index (κ1) is 47.4. The van der Waals surface area contributed by atoms with Crippen molar-refractivity contribution in [1.82, 2.24) is 10.2 Å². The van der Waals surface area contributed by atoms with Crippen molar-refractivity contribution in [2.45, 2.75) is 155 Å². The van der Waals surface area contributed by atoms with E-state index >= 15 is 4.79 Å². The van der Waals surface area contributed by atoms with Crippen LogP contribution in [-0.2, 0) is 34.2 Å². The second-order valence-corrected chi connectivity index (χ2v) is 20.7. The fourth-order valence-corrected chi connectivity index (χ4v) is 12.2. The van der Waals surface area contributed by atoms with Gasteiger partial charge in [0, 0.05) is 44.6 Å². The molecule has 2 heterocycles. The number of halogens is 1. The van der Waals surface area contributed by atoms with E-state index in [0.717, 1.165) is 12.8 Å². The van der Waals surface area contributed by atoms with Gasteiger partial charge in [-0.05, 0) is 110 Å². The molecule has 5 aliphatic rings. The van der Waals surface area contributed by atoms with Crippen molar-refractivity contribution in [3.8, 4) is 0 Å². The topological polar surface area (TPSA) is 204 Å². The first-order valence-corrected chi connectivity index (χ1v) is 22.1. The SMILES string of the molecule is CCNC(=O)N(CC(C)[C@@H]1CC[C@@H](C)[C@@]2(O)[C@@H]1C=C(C)[C@H](OC(C)=O)[C@@H]2[C@]1(C(=O)O)C[C@@]2(OC(=O)OC(C)(C)C)c3cccc(Cl)c3N(C)O[C@H]2[N+]1(C(=O)[O-])C(C)(C)C)C1CC1. The Balaban J connectivity index is 1.69. The van der Waals surface area contributed by atoms with Crippen molar-refractivity contribution in [3.63, 3.8) is 0 Å². The van der Waals surface area contributed by atoms with Crippen molar-refractivity contribution in [1.29, 1.82) is 0 Å². The minimum absolute atomic E-state index is 0.0654. The van der Waals surface area contributed by atoms with E-state index in [1.807, 2.05) is 24.8 Å². The fourth-order valence-electron chi connectivity index (χ4n) is 11.9. The Morgan fingerprint density at radius 2 is 1.76 bits per heavy atom. The molecule has 3 fully saturated rings. The van der Waals surface area contributed by atoms with Crippen LogP contribution in [0.4, 0.5) is 20.1 Å². The second-order valence-electron chi connectivity index (χ2n) is 20.3. The number of urea groups is 1. The number of carbonyl (C=O) groups excluding carboxylic acids is 4. The number of nitrogens with one attached hydrogen (secondary N) is 1. The van der Waals surface area contributed by atoms with Gasteiger partial charge in [0.1, 0.15) is 11.7 Å². The number of aliphatic carboxylic acids is 1. The normalized spacial score (nSPS) is 34.7. The van der Waals surface area contributed by atoms with Crippen LogP contribution >= 0.6 is 11.6 Å². The minimum Gasteiger partial charge on any atom is -0.498 e. The van der Waals surface area contributed by atoms with E-state index in [-0.39, 0.29) is 40.2 Å². The smallest absolute Gasteiger partial charge is 0.498 e. The molecule has 6 rings (SSSR count). The number of quaternary nitrogens is 1. The summed E-state index contributed by atoms with van der Waals surface area (Å²) in [6, 6.07) is 4.58. The van der Waals surface area contributed by atoms with E-state index in [9.17, 15) is 34.5 Å². The van der Waals surface area contributed by atoms with Gasteiger partial charge < -0.3 is 44.5 Å². The highest BCUT2D eigenvalue weighted by atomic mass is 35.5. The van der Waals surface area contributed by atoms with E-state index in [0.29, 0.717) is 31.5 Å². The number of carboxylic acids is 1. The van der Waals surface area contributed by atoms with Gasteiger partial charge in [0.05, 0.1) is 34.2 Å². The third-order valence-electron chi connectivity index (χ3n) is 14.3. The highest BCUT2D eigenvalue weighted by Gasteiger charge is 2.88. The lowest BCUT2D eigenvalue weighted by molar-refractivity contribution is -0.991. The average molecular weight is 889 g/mol. The molecule has 3 amide bonds. The van der Waals surface area contributed by atoms with Gasteiger partial charge in [-0.2, -0.15) is 0 Å². The number of anilines is 1. The Morgan fingerprint density at radius 1 is 1.11 bits per heavy atom. The molecule has 0 aromatic heterocycles. The van der Waals surface area contributed by atoms with Crippen LogP contribution in [-0.4, -0.2) is 111 Å². The summed E-state index contributed by atoms with van der Waals surface area (Å²) in [5.74, 6) is -6.36. The highest BCUT2D eigenvalue weighted by molar-refractivity contribution is 6.33. The minimum atomic E-state index is -2.78. The number of hydrogen-bond donors (Lipinski definition) is 3. The number of hydroxylamine groups is 1. The Hall–Kier alpha value is -4.12. The number of likely N-dealkylation sites (tertiary alicyclic amines) is 1. The van der Waals surface area contributed by atoms with E-state index in [4.69, 9.17) is 30.6 Å². The Bertz CT molecular complexity index is 2010. The number of nitrogens with zero attached hydrogens (tertiary/aromatic N) is 3. The predicted molar refractivity (Wildman–Crippen MR) is 225 cm³/mol. The molecular formula is C45H65ClN4O12. The van der Waals surface area contributed by atoms with E-state index in [1.165, 1.54) is 39.8 Å². The van der Waals surface area contributed by atoms with Crippen molar-refractivity contribution < 1.29 is 62.8 Å². The maximum Gasteiger partial charge on any atom is 0.510 e. The molecule has 2 saturated carbocycles. The summed E-state index contributed by atoms with van der Waals surface area (Å²) in [6.45, 7) is 18.7. The molecule has 2 unspecified atom stereocenters. The van der Waals surface area contributed by atoms with E-state index in [1.54, 1.807) is 52.8 Å².